The average molecular weight is 432 g/mol. The van der Waals surface area contributed by atoms with Crippen LogP contribution in [0.2, 0.25) is 0 Å². The lowest BCUT2D eigenvalue weighted by Crippen LogP contribution is -2.31. The van der Waals surface area contributed by atoms with E-state index in [2.05, 4.69) is 26.6 Å². The normalized spacial score (nSPS) is 10.6. The van der Waals surface area contributed by atoms with Gasteiger partial charge in [-0.05, 0) is 34.1 Å². The number of nitrogens with zero attached hydrogens (tertiary/aromatic N) is 3. The highest BCUT2D eigenvalue weighted by molar-refractivity contribution is 5.92. The summed E-state index contributed by atoms with van der Waals surface area (Å²) in [6, 6.07) is 0.110. The first kappa shape index (κ1) is 34.6. The summed E-state index contributed by atoms with van der Waals surface area (Å²) in [5, 5.41) is 12.8. The highest BCUT2D eigenvalue weighted by atomic mass is 16.6. The Morgan fingerprint density at radius 2 is 1.77 bits per heavy atom. The Morgan fingerprint density at radius 3 is 2.10 bits per heavy atom. The standard InChI is InChI=1S/C11H21N5O3.C4H8O2.C3H6.C2H6/c1-4-6-7-19-11(14-9(3)13-5-2)15-10(12)8-16(17)18;1-3-6-4(2)5;1-3-2;1-2/h8H,4-7,12H2,1-3H3,(H,13,14,15);3H2,1-2H3;3H,1H2,2H3;1-2H3/b10-8-;;;. The fraction of sp³-hybridized carbons (Fsp3) is 0.650. The highest BCUT2D eigenvalue weighted by Gasteiger charge is 2.05. The number of amidine groups is 2. The molecule has 0 aliphatic carbocycles. The van der Waals surface area contributed by atoms with E-state index in [1.165, 1.54) is 6.92 Å². The molecule has 0 aromatic rings. The molecule has 0 spiro atoms. The number of hydrogen-bond donors (Lipinski definition) is 2. The first-order valence-electron chi connectivity index (χ1n) is 9.98. The van der Waals surface area contributed by atoms with Gasteiger partial charge in [-0.3, -0.25) is 25.2 Å². The molecular formula is C20H41N5O5. The maximum atomic E-state index is 10.3. The third-order valence-corrected chi connectivity index (χ3v) is 2.23. The van der Waals surface area contributed by atoms with Gasteiger partial charge in [0.05, 0.1) is 18.1 Å². The molecule has 0 unspecified atom stereocenters. The van der Waals surface area contributed by atoms with E-state index in [9.17, 15) is 14.9 Å². The zero-order chi connectivity index (χ0) is 24.4. The number of nitrogens with two attached hydrogens (primary N) is 1. The van der Waals surface area contributed by atoms with E-state index >= 15 is 0 Å². The smallest absolute Gasteiger partial charge is 0.302 e. The van der Waals surface area contributed by atoms with Crippen LogP contribution in [-0.4, -0.2) is 42.5 Å². The summed E-state index contributed by atoms with van der Waals surface area (Å²) in [6.07, 6.45) is 4.21. The van der Waals surface area contributed by atoms with Crippen LogP contribution in [0.1, 0.15) is 68.2 Å². The van der Waals surface area contributed by atoms with Gasteiger partial charge in [-0.15, -0.1) is 6.58 Å². The molecule has 0 bridgehead atoms. The monoisotopic (exact) mass is 431 g/mol. The number of carbonyl (C=O) groups is 1. The van der Waals surface area contributed by atoms with Crippen molar-refractivity contribution in [2.24, 2.45) is 15.7 Å². The Bertz CT molecular complexity index is 532. The SMILES string of the molecule is C=CC.CC.CCCCOC(=NC(C)=NCC)N/C(N)=C\[N+](=O)[O-].CCOC(C)=O. The van der Waals surface area contributed by atoms with E-state index in [1.54, 1.807) is 19.9 Å². The van der Waals surface area contributed by atoms with Crippen molar-refractivity contribution in [2.75, 3.05) is 19.8 Å². The molecule has 0 saturated heterocycles. The van der Waals surface area contributed by atoms with Gasteiger partial charge in [-0.2, -0.15) is 4.99 Å². The molecular weight excluding hydrogens is 390 g/mol. The van der Waals surface area contributed by atoms with Gasteiger partial charge in [0.15, 0.2) is 5.82 Å². The summed E-state index contributed by atoms with van der Waals surface area (Å²) in [4.78, 5) is 27.6. The van der Waals surface area contributed by atoms with E-state index in [1.807, 2.05) is 34.6 Å². The van der Waals surface area contributed by atoms with Crippen molar-refractivity contribution in [3.63, 3.8) is 0 Å². The predicted molar refractivity (Wildman–Crippen MR) is 124 cm³/mol. The summed E-state index contributed by atoms with van der Waals surface area (Å²) in [5.41, 5.74) is 5.44. The Kier molecular flexibility index (Phi) is 32.6. The molecule has 0 amide bonds. The van der Waals surface area contributed by atoms with Crippen molar-refractivity contribution in [3.8, 4) is 0 Å². The van der Waals surface area contributed by atoms with Crippen molar-refractivity contribution in [1.29, 1.82) is 0 Å². The van der Waals surface area contributed by atoms with Crippen LogP contribution in [0.15, 0.2) is 34.7 Å². The van der Waals surface area contributed by atoms with Gasteiger partial charge in [-0.25, -0.2) is 0 Å². The van der Waals surface area contributed by atoms with Crippen LogP contribution < -0.4 is 11.1 Å². The van der Waals surface area contributed by atoms with Crippen molar-refractivity contribution < 1.29 is 19.2 Å². The van der Waals surface area contributed by atoms with Gasteiger partial charge in [0.2, 0.25) is 0 Å². The fourth-order valence-corrected chi connectivity index (χ4v) is 1.29. The van der Waals surface area contributed by atoms with Gasteiger partial charge in [0.1, 0.15) is 5.84 Å². The van der Waals surface area contributed by atoms with E-state index in [-0.39, 0.29) is 17.8 Å². The lowest BCUT2D eigenvalue weighted by Gasteiger charge is -2.10. The van der Waals surface area contributed by atoms with E-state index in [0.717, 1.165) is 12.8 Å². The lowest BCUT2D eigenvalue weighted by atomic mass is 10.4. The molecule has 3 N–H and O–H groups in total. The number of allylic oxidation sites excluding steroid dienone is 1. The summed E-state index contributed by atoms with van der Waals surface area (Å²) in [5.74, 6) is 0.150. The summed E-state index contributed by atoms with van der Waals surface area (Å²) in [6.45, 7) is 19.6. The fourth-order valence-electron chi connectivity index (χ4n) is 1.29. The van der Waals surface area contributed by atoms with Crippen molar-refractivity contribution >= 4 is 17.8 Å². The third kappa shape index (κ3) is 36.1. The largest absolute Gasteiger partial charge is 0.466 e. The van der Waals surface area contributed by atoms with Crippen LogP contribution in [0.5, 0.6) is 0 Å². The number of nitro groups is 1. The second-order valence-corrected chi connectivity index (χ2v) is 4.97. The maximum Gasteiger partial charge on any atom is 0.302 e. The number of esters is 1. The quantitative estimate of drug-likeness (QED) is 0.118. The van der Waals surface area contributed by atoms with Gasteiger partial charge in [-0.1, -0.05) is 33.3 Å². The topological polar surface area (TPSA) is 141 Å². The minimum atomic E-state index is -0.654. The van der Waals surface area contributed by atoms with Crippen LogP contribution in [0.4, 0.5) is 0 Å². The molecule has 0 radical (unpaired) electrons. The molecule has 0 aliphatic rings. The second kappa shape index (κ2) is 28.3. The average Bonchev–Trinajstić information content (AvgIpc) is 2.64. The minimum Gasteiger partial charge on any atom is -0.466 e. The van der Waals surface area contributed by atoms with E-state index in [4.69, 9.17) is 10.5 Å². The van der Waals surface area contributed by atoms with Crippen LogP contribution in [0.25, 0.3) is 0 Å². The van der Waals surface area contributed by atoms with Crippen LogP contribution in [0.3, 0.4) is 0 Å². The number of carbonyl (C=O) groups excluding carboxylic acids is 1. The second-order valence-electron chi connectivity index (χ2n) is 4.97. The molecule has 0 saturated carbocycles. The molecule has 30 heavy (non-hydrogen) atoms. The van der Waals surface area contributed by atoms with Gasteiger partial charge < -0.3 is 15.2 Å². The number of rotatable bonds is 7. The van der Waals surface area contributed by atoms with Crippen LogP contribution in [-0.2, 0) is 14.3 Å². The number of nitrogens with one attached hydrogen (secondary N) is 1. The first-order valence-corrected chi connectivity index (χ1v) is 9.98. The number of ether oxygens (including phenoxy) is 2. The van der Waals surface area contributed by atoms with Crippen LogP contribution >= 0.6 is 0 Å². The maximum absolute atomic E-state index is 10.3. The summed E-state index contributed by atoms with van der Waals surface area (Å²) in [7, 11) is 0. The Labute approximate surface area is 181 Å². The van der Waals surface area contributed by atoms with Crippen LogP contribution in [0, 0.1) is 10.1 Å². The van der Waals surface area contributed by atoms with Gasteiger partial charge in [0, 0.05) is 13.5 Å². The summed E-state index contributed by atoms with van der Waals surface area (Å²) >= 11 is 0. The van der Waals surface area contributed by atoms with Crippen molar-refractivity contribution in [3.05, 3.63) is 34.8 Å². The van der Waals surface area contributed by atoms with Gasteiger partial charge in [0.25, 0.3) is 12.2 Å². The van der Waals surface area contributed by atoms with E-state index < -0.39 is 4.92 Å². The Balaban J connectivity index is -0.000000254. The summed E-state index contributed by atoms with van der Waals surface area (Å²) < 4.78 is 9.77. The lowest BCUT2D eigenvalue weighted by molar-refractivity contribution is -0.403. The predicted octanol–water partition coefficient (Wildman–Crippen LogP) is 4.01. The molecule has 0 rings (SSSR count). The number of hydrogen-bond acceptors (Lipinski definition) is 7. The molecule has 0 heterocycles. The molecule has 10 heteroatoms. The Hall–Kier alpha value is -2.91. The molecule has 176 valence electrons. The van der Waals surface area contributed by atoms with Crippen molar-refractivity contribution in [1.82, 2.24) is 5.32 Å². The highest BCUT2D eigenvalue weighted by Crippen LogP contribution is 1.92. The molecule has 0 atom stereocenters. The minimum absolute atomic E-state index is 0.110. The zero-order valence-electron chi connectivity index (χ0n) is 19.9. The third-order valence-electron chi connectivity index (χ3n) is 2.23. The van der Waals surface area contributed by atoms with Crippen molar-refractivity contribution in [2.45, 2.75) is 68.2 Å². The first-order chi connectivity index (χ1) is 14.2. The zero-order valence-corrected chi connectivity index (χ0v) is 19.9. The van der Waals surface area contributed by atoms with E-state index in [0.29, 0.717) is 31.8 Å². The number of unbranched alkanes of at least 4 members (excludes halogenated alkanes) is 1. The molecule has 10 nitrogen and oxygen atoms in total. The molecule has 0 aromatic carbocycles. The number of aliphatic imine (C=N–C) groups is 2. The molecule has 0 fully saturated rings. The van der Waals surface area contributed by atoms with Gasteiger partial charge >= 0.3 is 5.97 Å². The Morgan fingerprint density at radius 1 is 1.23 bits per heavy atom. The molecule has 0 aromatic heterocycles. The molecule has 0 aliphatic heterocycles.